The standard InChI is InChI=1S/C18H22N4O3/c1-24-14-5-6-17(25-2)13(8-14)11-20-18(23)16-9-15(21-22-16)12-4-3-7-19-10-12/h3-8,10,15-16,21-22H,9,11H2,1-2H3,(H,20,23). The summed E-state index contributed by atoms with van der Waals surface area (Å²) in [6.07, 6.45) is 4.20. The number of nitrogens with zero attached hydrogens (tertiary/aromatic N) is 1. The summed E-state index contributed by atoms with van der Waals surface area (Å²) in [5, 5.41) is 2.95. The lowest BCUT2D eigenvalue weighted by atomic mass is 10.0. The van der Waals surface area contributed by atoms with Crippen LogP contribution in [0.4, 0.5) is 0 Å². The summed E-state index contributed by atoms with van der Waals surface area (Å²) < 4.78 is 10.6. The van der Waals surface area contributed by atoms with Gasteiger partial charge in [0.05, 0.1) is 14.2 Å². The summed E-state index contributed by atoms with van der Waals surface area (Å²) >= 11 is 0. The molecular formula is C18H22N4O3. The Labute approximate surface area is 146 Å². The van der Waals surface area contributed by atoms with Crippen LogP contribution in [0.25, 0.3) is 0 Å². The fourth-order valence-corrected chi connectivity index (χ4v) is 2.85. The lowest BCUT2D eigenvalue weighted by Gasteiger charge is -2.13. The summed E-state index contributed by atoms with van der Waals surface area (Å²) in [6, 6.07) is 9.15. The van der Waals surface area contributed by atoms with Gasteiger partial charge in [0.1, 0.15) is 17.5 Å². The highest BCUT2D eigenvalue weighted by atomic mass is 16.5. The fourth-order valence-electron chi connectivity index (χ4n) is 2.85. The average molecular weight is 342 g/mol. The monoisotopic (exact) mass is 342 g/mol. The van der Waals surface area contributed by atoms with Crippen LogP contribution in [-0.4, -0.2) is 31.2 Å². The molecule has 1 amide bonds. The average Bonchev–Trinajstić information content (AvgIpc) is 3.17. The zero-order valence-electron chi connectivity index (χ0n) is 14.3. The van der Waals surface area contributed by atoms with Gasteiger partial charge < -0.3 is 14.8 Å². The van der Waals surface area contributed by atoms with Crippen molar-refractivity contribution in [3.8, 4) is 11.5 Å². The molecule has 1 aromatic carbocycles. The van der Waals surface area contributed by atoms with Crippen molar-refractivity contribution in [1.82, 2.24) is 21.2 Å². The number of amides is 1. The first kappa shape index (κ1) is 17.2. The maximum Gasteiger partial charge on any atom is 0.238 e. The molecule has 0 spiro atoms. The molecule has 7 nitrogen and oxygen atoms in total. The van der Waals surface area contributed by atoms with Gasteiger partial charge in [-0.2, -0.15) is 0 Å². The molecule has 3 N–H and O–H groups in total. The van der Waals surface area contributed by atoms with Gasteiger partial charge in [-0.25, -0.2) is 10.9 Å². The second-order valence-corrected chi connectivity index (χ2v) is 5.81. The van der Waals surface area contributed by atoms with Crippen LogP contribution in [0.2, 0.25) is 0 Å². The molecule has 0 bridgehead atoms. The van der Waals surface area contributed by atoms with Crippen LogP contribution in [-0.2, 0) is 11.3 Å². The summed E-state index contributed by atoms with van der Waals surface area (Å²) in [4.78, 5) is 16.6. The Bertz CT molecular complexity index is 724. The van der Waals surface area contributed by atoms with Gasteiger partial charge >= 0.3 is 0 Å². The van der Waals surface area contributed by atoms with E-state index in [0.29, 0.717) is 18.7 Å². The highest BCUT2D eigenvalue weighted by Gasteiger charge is 2.30. The van der Waals surface area contributed by atoms with E-state index >= 15 is 0 Å². The Morgan fingerprint density at radius 2 is 2.16 bits per heavy atom. The zero-order chi connectivity index (χ0) is 17.6. The number of carbonyl (C=O) groups excluding carboxylic acids is 1. The minimum Gasteiger partial charge on any atom is -0.497 e. The Morgan fingerprint density at radius 1 is 1.28 bits per heavy atom. The SMILES string of the molecule is COc1ccc(OC)c(CNC(=O)C2CC(c3cccnc3)NN2)c1. The molecule has 0 radical (unpaired) electrons. The molecule has 1 fully saturated rings. The van der Waals surface area contributed by atoms with E-state index in [-0.39, 0.29) is 18.0 Å². The molecule has 2 heterocycles. The van der Waals surface area contributed by atoms with Gasteiger partial charge in [0.2, 0.25) is 5.91 Å². The molecule has 7 heteroatoms. The van der Waals surface area contributed by atoms with E-state index in [1.165, 1.54) is 0 Å². The van der Waals surface area contributed by atoms with Crippen LogP contribution in [0.1, 0.15) is 23.6 Å². The number of hydrogen-bond acceptors (Lipinski definition) is 6. The number of carbonyl (C=O) groups is 1. The first-order valence-corrected chi connectivity index (χ1v) is 8.11. The van der Waals surface area contributed by atoms with Crippen molar-refractivity contribution in [3.05, 3.63) is 53.9 Å². The molecule has 3 rings (SSSR count). The van der Waals surface area contributed by atoms with Crippen molar-refractivity contribution in [2.75, 3.05) is 14.2 Å². The summed E-state index contributed by atoms with van der Waals surface area (Å²) in [7, 11) is 3.21. The third-order valence-corrected chi connectivity index (χ3v) is 4.25. The minimum atomic E-state index is -0.304. The molecule has 2 aromatic rings. The molecule has 1 aliphatic rings. The number of rotatable bonds is 6. The number of ether oxygens (including phenoxy) is 2. The summed E-state index contributed by atoms with van der Waals surface area (Å²) in [5.41, 5.74) is 8.11. The van der Waals surface area contributed by atoms with Crippen LogP contribution in [0.5, 0.6) is 11.5 Å². The van der Waals surface area contributed by atoms with Crippen LogP contribution < -0.4 is 25.6 Å². The minimum absolute atomic E-state index is 0.0656. The third kappa shape index (κ3) is 4.07. The number of benzene rings is 1. The number of methoxy groups -OCH3 is 2. The number of hydrogen-bond donors (Lipinski definition) is 3. The van der Waals surface area contributed by atoms with E-state index in [1.807, 2.05) is 30.3 Å². The van der Waals surface area contributed by atoms with E-state index in [4.69, 9.17) is 9.47 Å². The van der Waals surface area contributed by atoms with Crippen molar-refractivity contribution in [2.45, 2.75) is 25.0 Å². The van der Waals surface area contributed by atoms with Crippen LogP contribution in [0.3, 0.4) is 0 Å². The molecule has 1 aromatic heterocycles. The van der Waals surface area contributed by atoms with E-state index < -0.39 is 0 Å². The molecule has 1 aliphatic heterocycles. The number of pyridine rings is 1. The topological polar surface area (TPSA) is 84.5 Å². The van der Waals surface area contributed by atoms with Gasteiger partial charge in [-0.1, -0.05) is 6.07 Å². The number of aromatic nitrogens is 1. The quantitative estimate of drug-likeness (QED) is 0.734. The molecule has 0 aliphatic carbocycles. The lowest BCUT2D eigenvalue weighted by Crippen LogP contribution is -2.42. The molecule has 1 saturated heterocycles. The Hall–Kier alpha value is -2.64. The highest BCUT2D eigenvalue weighted by Crippen LogP contribution is 2.24. The fraction of sp³-hybridized carbons (Fsp3) is 0.333. The van der Waals surface area contributed by atoms with Crippen molar-refractivity contribution >= 4 is 5.91 Å². The molecular weight excluding hydrogens is 320 g/mol. The van der Waals surface area contributed by atoms with Gasteiger partial charge in [-0.3, -0.25) is 9.78 Å². The van der Waals surface area contributed by atoms with Gasteiger partial charge in [0.15, 0.2) is 0 Å². The smallest absolute Gasteiger partial charge is 0.238 e. The summed E-state index contributed by atoms with van der Waals surface area (Å²) in [5.74, 6) is 1.37. The molecule has 2 unspecified atom stereocenters. The highest BCUT2D eigenvalue weighted by molar-refractivity contribution is 5.82. The second-order valence-electron chi connectivity index (χ2n) is 5.81. The Kier molecular flexibility index (Phi) is 5.47. The maximum absolute atomic E-state index is 12.4. The normalized spacial score (nSPS) is 19.4. The van der Waals surface area contributed by atoms with E-state index in [9.17, 15) is 4.79 Å². The van der Waals surface area contributed by atoms with Crippen molar-refractivity contribution in [3.63, 3.8) is 0 Å². The number of hydrazine groups is 1. The van der Waals surface area contributed by atoms with Crippen LogP contribution >= 0.6 is 0 Å². The van der Waals surface area contributed by atoms with Gasteiger partial charge in [-0.05, 0) is 36.2 Å². The first-order chi connectivity index (χ1) is 12.2. The van der Waals surface area contributed by atoms with Crippen LogP contribution in [0, 0.1) is 0 Å². The van der Waals surface area contributed by atoms with Crippen molar-refractivity contribution < 1.29 is 14.3 Å². The Morgan fingerprint density at radius 3 is 2.88 bits per heavy atom. The zero-order valence-corrected chi connectivity index (χ0v) is 14.3. The van der Waals surface area contributed by atoms with E-state index in [2.05, 4.69) is 21.2 Å². The molecule has 0 saturated carbocycles. The van der Waals surface area contributed by atoms with Crippen molar-refractivity contribution in [1.29, 1.82) is 0 Å². The molecule has 25 heavy (non-hydrogen) atoms. The molecule has 132 valence electrons. The van der Waals surface area contributed by atoms with Gasteiger partial charge in [0, 0.05) is 30.5 Å². The predicted molar refractivity (Wildman–Crippen MR) is 93.0 cm³/mol. The van der Waals surface area contributed by atoms with Crippen LogP contribution in [0.15, 0.2) is 42.7 Å². The third-order valence-electron chi connectivity index (χ3n) is 4.25. The Balaban J connectivity index is 1.58. The van der Waals surface area contributed by atoms with E-state index in [1.54, 1.807) is 26.6 Å². The second kappa shape index (κ2) is 7.96. The summed E-state index contributed by atoms with van der Waals surface area (Å²) in [6.45, 7) is 0.370. The van der Waals surface area contributed by atoms with Gasteiger partial charge in [0.25, 0.3) is 0 Å². The molecule has 2 atom stereocenters. The number of nitrogens with one attached hydrogen (secondary N) is 3. The largest absolute Gasteiger partial charge is 0.497 e. The van der Waals surface area contributed by atoms with E-state index in [0.717, 1.165) is 16.9 Å². The van der Waals surface area contributed by atoms with Crippen molar-refractivity contribution in [2.24, 2.45) is 0 Å². The first-order valence-electron chi connectivity index (χ1n) is 8.11. The maximum atomic E-state index is 12.4. The lowest BCUT2D eigenvalue weighted by molar-refractivity contribution is -0.123. The predicted octanol–water partition coefficient (Wildman–Crippen LogP) is 1.32. The van der Waals surface area contributed by atoms with Gasteiger partial charge in [-0.15, -0.1) is 0 Å².